The fourth-order valence-electron chi connectivity index (χ4n) is 2.50. The van der Waals surface area contributed by atoms with E-state index in [0.29, 0.717) is 29.4 Å². The van der Waals surface area contributed by atoms with Crippen molar-refractivity contribution in [3.05, 3.63) is 41.2 Å². The Morgan fingerprint density at radius 1 is 1.35 bits per heavy atom. The molecule has 0 bridgehead atoms. The summed E-state index contributed by atoms with van der Waals surface area (Å²) in [4.78, 5) is 16.6. The SMILES string of the molecule is CCOC(=O)C1=C(c2ccc(F)cc2)NC(=NC)NC1C(C)C. The summed E-state index contributed by atoms with van der Waals surface area (Å²) in [6.45, 7) is 6.08. The summed E-state index contributed by atoms with van der Waals surface area (Å²) in [7, 11) is 1.66. The van der Waals surface area contributed by atoms with Gasteiger partial charge in [0.1, 0.15) is 5.82 Å². The van der Waals surface area contributed by atoms with Gasteiger partial charge in [0, 0.05) is 7.05 Å². The van der Waals surface area contributed by atoms with Gasteiger partial charge in [-0.1, -0.05) is 13.8 Å². The molecule has 0 radical (unpaired) electrons. The molecule has 2 rings (SSSR count). The summed E-state index contributed by atoms with van der Waals surface area (Å²) in [5.74, 6) is -0.00813. The van der Waals surface area contributed by atoms with Gasteiger partial charge in [-0.3, -0.25) is 4.99 Å². The van der Waals surface area contributed by atoms with Crippen molar-refractivity contribution in [1.29, 1.82) is 0 Å². The maximum absolute atomic E-state index is 13.2. The van der Waals surface area contributed by atoms with Crippen LogP contribution in [0.25, 0.3) is 5.70 Å². The number of halogens is 1. The second-order valence-electron chi connectivity index (χ2n) is 5.58. The third-order valence-corrected chi connectivity index (χ3v) is 3.63. The molecule has 6 heteroatoms. The van der Waals surface area contributed by atoms with Crippen LogP contribution in [-0.4, -0.2) is 31.6 Å². The van der Waals surface area contributed by atoms with E-state index in [-0.39, 0.29) is 23.7 Å². The van der Waals surface area contributed by atoms with E-state index in [0.717, 1.165) is 0 Å². The zero-order valence-corrected chi connectivity index (χ0v) is 13.8. The molecule has 124 valence electrons. The van der Waals surface area contributed by atoms with E-state index in [1.54, 1.807) is 26.1 Å². The summed E-state index contributed by atoms with van der Waals surface area (Å²) in [6, 6.07) is 5.75. The van der Waals surface area contributed by atoms with Gasteiger partial charge in [0.2, 0.25) is 0 Å². The molecule has 1 unspecified atom stereocenters. The van der Waals surface area contributed by atoms with Gasteiger partial charge in [-0.25, -0.2) is 9.18 Å². The van der Waals surface area contributed by atoms with E-state index in [1.165, 1.54) is 12.1 Å². The van der Waals surface area contributed by atoms with Crippen LogP contribution in [0.2, 0.25) is 0 Å². The number of hydrogen-bond acceptors (Lipinski definition) is 3. The molecule has 1 aliphatic rings. The molecule has 5 nitrogen and oxygen atoms in total. The first kappa shape index (κ1) is 17.0. The van der Waals surface area contributed by atoms with E-state index in [2.05, 4.69) is 15.6 Å². The Morgan fingerprint density at radius 2 is 2.00 bits per heavy atom. The van der Waals surface area contributed by atoms with Crippen LogP contribution in [0, 0.1) is 11.7 Å². The molecule has 0 amide bonds. The fourth-order valence-corrected chi connectivity index (χ4v) is 2.50. The average molecular weight is 319 g/mol. The van der Waals surface area contributed by atoms with Crippen molar-refractivity contribution in [3.63, 3.8) is 0 Å². The van der Waals surface area contributed by atoms with Crippen LogP contribution in [0.5, 0.6) is 0 Å². The zero-order chi connectivity index (χ0) is 17.0. The number of rotatable bonds is 4. The fraction of sp³-hybridized carbons (Fsp3) is 0.412. The van der Waals surface area contributed by atoms with Crippen molar-refractivity contribution in [3.8, 4) is 0 Å². The van der Waals surface area contributed by atoms with Crippen molar-refractivity contribution in [1.82, 2.24) is 10.6 Å². The summed E-state index contributed by atoms with van der Waals surface area (Å²) in [5, 5.41) is 6.32. The second-order valence-corrected chi connectivity index (χ2v) is 5.58. The van der Waals surface area contributed by atoms with Gasteiger partial charge in [-0.2, -0.15) is 0 Å². The Kier molecular flexibility index (Phi) is 5.36. The maximum Gasteiger partial charge on any atom is 0.338 e. The Morgan fingerprint density at radius 3 is 2.52 bits per heavy atom. The molecule has 1 atom stereocenters. The molecule has 1 aromatic rings. The van der Waals surface area contributed by atoms with E-state index >= 15 is 0 Å². The minimum absolute atomic E-state index is 0.142. The monoisotopic (exact) mass is 319 g/mol. The molecule has 2 N–H and O–H groups in total. The van der Waals surface area contributed by atoms with E-state index in [9.17, 15) is 9.18 Å². The molecule has 0 saturated carbocycles. The highest BCUT2D eigenvalue weighted by Gasteiger charge is 2.34. The van der Waals surface area contributed by atoms with Crippen LogP contribution < -0.4 is 10.6 Å². The largest absolute Gasteiger partial charge is 0.463 e. The number of carbonyl (C=O) groups is 1. The van der Waals surface area contributed by atoms with E-state index in [4.69, 9.17) is 4.74 Å². The van der Waals surface area contributed by atoms with Crippen LogP contribution in [0.1, 0.15) is 26.3 Å². The Labute approximate surface area is 135 Å². The number of esters is 1. The lowest BCUT2D eigenvalue weighted by Crippen LogP contribution is -2.52. The van der Waals surface area contributed by atoms with Gasteiger partial charge < -0.3 is 15.4 Å². The number of aliphatic imine (C=N–C) groups is 1. The van der Waals surface area contributed by atoms with Crippen molar-refractivity contribution in [2.45, 2.75) is 26.8 Å². The molecule has 1 aromatic carbocycles. The van der Waals surface area contributed by atoms with Crippen molar-refractivity contribution in [2.75, 3.05) is 13.7 Å². The quantitative estimate of drug-likeness (QED) is 0.836. The Balaban J connectivity index is 2.60. The van der Waals surface area contributed by atoms with Gasteiger partial charge in [0.15, 0.2) is 5.96 Å². The molecule has 0 aromatic heterocycles. The summed E-state index contributed by atoms with van der Waals surface area (Å²) in [6.07, 6.45) is 0. The predicted octanol–water partition coefficient (Wildman–Crippen LogP) is 2.30. The van der Waals surface area contributed by atoms with Crippen LogP contribution in [0.15, 0.2) is 34.8 Å². The first-order valence-electron chi connectivity index (χ1n) is 7.65. The molecular weight excluding hydrogens is 297 g/mol. The summed E-state index contributed by atoms with van der Waals surface area (Å²) < 4.78 is 18.4. The predicted molar refractivity (Wildman–Crippen MR) is 88.2 cm³/mol. The first-order valence-corrected chi connectivity index (χ1v) is 7.65. The number of hydrogen-bond donors (Lipinski definition) is 2. The highest BCUT2D eigenvalue weighted by Crippen LogP contribution is 2.26. The minimum Gasteiger partial charge on any atom is -0.463 e. The first-order chi connectivity index (χ1) is 11.0. The molecule has 0 fully saturated rings. The van der Waals surface area contributed by atoms with Crippen LogP contribution in [0.3, 0.4) is 0 Å². The minimum atomic E-state index is -0.388. The molecule has 0 aliphatic carbocycles. The van der Waals surface area contributed by atoms with Crippen LogP contribution in [-0.2, 0) is 9.53 Å². The highest BCUT2D eigenvalue weighted by molar-refractivity contribution is 6.05. The molecule has 0 spiro atoms. The summed E-state index contributed by atoms with van der Waals surface area (Å²) >= 11 is 0. The third-order valence-electron chi connectivity index (χ3n) is 3.63. The zero-order valence-electron chi connectivity index (χ0n) is 13.8. The molecule has 1 heterocycles. The number of nitrogens with zero attached hydrogens (tertiary/aromatic N) is 1. The topological polar surface area (TPSA) is 62.7 Å². The highest BCUT2D eigenvalue weighted by atomic mass is 19.1. The normalized spacial score (nSPS) is 19.6. The molecule has 23 heavy (non-hydrogen) atoms. The molecule has 0 saturated heterocycles. The lowest BCUT2D eigenvalue weighted by molar-refractivity contribution is -0.139. The smallest absolute Gasteiger partial charge is 0.338 e. The van der Waals surface area contributed by atoms with Crippen LogP contribution >= 0.6 is 0 Å². The Bertz CT molecular complexity index is 636. The Hall–Kier alpha value is -2.37. The van der Waals surface area contributed by atoms with Gasteiger partial charge >= 0.3 is 5.97 Å². The van der Waals surface area contributed by atoms with Crippen LogP contribution in [0.4, 0.5) is 4.39 Å². The van der Waals surface area contributed by atoms with E-state index < -0.39 is 0 Å². The van der Waals surface area contributed by atoms with Crippen molar-refractivity contribution in [2.24, 2.45) is 10.9 Å². The van der Waals surface area contributed by atoms with Gasteiger partial charge in [-0.05, 0) is 42.7 Å². The number of nitrogens with one attached hydrogen (secondary N) is 2. The second kappa shape index (κ2) is 7.26. The summed E-state index contributed by atoms with van der Waals surface area (Å²) in [5.41, 5.74) is 1.81. The van der Waals surface area contributed by atoms with E-state index in [1.807, 2.05) is 13.8 Å². The third kappa shape index (κ3) is 3.70. The number of guanidine groups is 1. The lowest BCUT2D eigenvalue weighted by Gasteiger charge is -2.33. The molecular formula is C17H22FN3O2. The number of ether oxygens (including phenoxy) is 1. The lowest BCUT2D eigenvalue weighted by atomic mass is 9.90. The van der Waals surface area contributed by atoms with Gasteiger partial charge in [0.05, 0.1) is 23.9 Å². The molecule has 1 aliphatic heterocycles. The average Bonchev–Trinajstić information content (AvgIpc) is 2.54. The number of carbonyl (C=O) groups excluding carboxylic acids is 1. The van der Waals surface area contributed by atoms with Gasteiger partial charge in [0.25, 0.3) is 0 Å². The standard InChI is InChI=1S/C17H22FN3O2/c1-5-23-16(22)13-14(10(2)3)20-17(19-4)21-15(13)11-6-8-12(18)9-7-11/h6-10,14H,5H2,1-4H3,(H2,19,20,21). The van der Waals surface area contributed by atoms with Crippen molar-refractivity contribution < 1.29 is 13.9 Å². The van der Waals surface area contributed by atoms with Gasteiger partial charge in [-0.15, -0.1) is 0 Å². The van der Waals surface area contributed by atoms with Crippen molar-refractivity contribution >= 4 is 17.6 Å². The maximum atomic E-state index is 13.2. The number of benzene rings is 1.